The number of nitrogens with one attached hydrogen (secondary N) is 1. The van der Waals surface area contributed by atoms with Crippen molar-refractivity contribution >= 4 is 28.9 Å². The second-order valence-electron chi connectivity index (χ2n) is 7.09. The lowest BCUT2D eigenvalue weighted by molar-refractivity contribution is -0.118. The first-order valence-electron chi connectivity index (χ1n) is 9.45. The van der Waals surface area contributed by atoms with Gasteiger partial charge in [-0.1, -0.05) is 11.6 Å². The fraction of sp³-hybridized carbons (Fsp3) is 0.381. The summed E-state index contributed by atoms with van der Waals surface area (Å²) < 4.78 is 5.46. The van der Waals surface area contributed by atoms with Crippen molar-refractivity contribution in [3.8, 4) is 5.75 Å². The summed E-state index contributed by atoms with van der Waals surface area (Å²) in [6, 6.07) is 15.8. The Morgan fingerprint density at radius 1 is 1.00 bits per heavy atom. The Bertz CT molecular complexity index is 767. The molecule has 27 heavy (non-hydrogen) atoms. The summed E-state index contributed by atoms with van der Waals surface area (Å²) in [5, 5.41) is 3.51. The van der Waals surface area contributed by atoms with Gasteiger partial charge in [0.05, 0.1) is 0 Å². The summed E-state index contributed by atoms with van der Waals surface area (Å²) in [7, 11) is 0. The molecule has 1 aliphatic heterocycles. The lowest BCUT2D eigenvalue weighted by Crippen LogP contribution is -2.47. The number of carbonyl (C=O) groups is 1. The maximum absolute atomic E-state index is 12.1. The van der Waals surface area contributed by atoms with Crippen molar-refractivity contribution in [2.75, 3.05) is 43.0 Å². The first-order valence-corrected chi connectivity index (χ1v) is 9.82. The Kier molecular flexibility index (Phi) is 5.50. The number of amides is 1. The van der Waals surface area contributed by atoms with Crippen LogP contribution in [-0.2, 0) is 4.79 Å². The molecule has 1 amide bonds. The van der Waals surface area contributed by atoms with E-state index in [2.05, 4.69) is 27.2 Å². The third-order valence-electron chi connectivity index (χ3n) is 5.08. The number of piperazine rings is 1. The van der Waals surface area contributed by atoms with Gasteiger partial charge in [0.25, 0.3) is 5.91 Å². The van der Waals surface area contributed by atoms with Crippen molar-refractivity contribution in [2.45, 2.75) is 18.9 Å². The molecule has 0 aromatic heterocycles. The van der Waals surface area contributed by atoms with Crippen molar-refractivity contribution in [3.63, 3.8) is 0 Å². The molecule has 1 saturated heterocycles. The Morgan fingerprint density at radius 2 is 1.67 bits per heavy atom. The molecule has 2 fully saturated rings. The van der Waals surface area contributed by atoms with E-state index in [1.165, 1.54) is 18.5 Å². The lowest BCUT2D eigenvalue weighted by atomic mass is 10.2. The van der Waals surface area contributed by atoms with Crippen LogP contribution in [0.4, 0.5) is 11.4 Å². The number of halogens is 1. The molecule has 2 aliphatic rings. The number of rotatable bonds is 6. The molecule has 0 bridgehead atoms. The fourth-order valence-corrected chi connectivity index (χ4v) is 3.54. The maximum atomic E-state index is 12.1. The van der Waals surface area contributed by atoms with Gasteiger partial charge in [-0.25, -0.2) is 0 Å². The van der Waals surface area contributed by atoms with Crippen LogP contribution in [0.25, 0.3) is 0 Å². The van der Waals surface area contributed by atoms with Crippen LogP contribution >= 0.6 is 11.6 Å². The van der Waals surface area contributed by atoms with Gasteiger partial charge in [0, 0.05) is 48.6 Å². The lowest BCUT2D eigenvalue weighted by Gasteiger charge is -2.36. The van der Waals surface area contributed by atoms with Crippen LogP contribution in [0.15, 0.2) is 48.5 Å². The number of hydrogen-bond donors (Lipinski definition) is 1. The van der Waals surface area contributed by atoms with Crippen LogP contribution in [0, 0.1) is 0 Å². The van der Waals surface area contributed by atoms with Gasteiger partial charge >= 0.3 is 0 Å². The van der Waals surface area contributed by atoms with E-state index in [0.29, 0.717) is 10.8 Å². The molecule has 1 aliphatic carbocycles. The van der Waals surface area contributed by atoms with Gasteiger partial charge in [-0.05, 0) is 61.4 Å². The molecule has 4 rings (SSSR count). The predicted molar refractivity (Wildman–Crippen MR) is 109 cm³/mol. The van der Waals surface area contributed by atoms with Crippen molar-refractivity contribution < 1.29 is 9.53 Å². The van der Waals surface area contributed by atoms with Gasteiger partial charge in [0.2, 0.25) is 0 Å². The second-order valence-corrected chi connectivity index (χ2v) is 7.53. The Labute approximate surface area is 164 Å². The number of anilines is 2. The summed E-state index contributed by atoms with van der Waals surface area (Å²) in [6.07, 6.45) is 2.74. The average molecular weight is 386 g/mol. The topological polar surface area (TPSA) is 44.8 Å². The van der Waals surface area contributed by atoms with Crippen molar-refractivity contribution in [1.29, 1.82) is 0 Å². The second kappa shape index (κ2) is 8.19. The van der Waals surface area contributed by atoms with Crippen molar-refractivity contribution in [3.05, 3.63) is 53.6 Å². The first kappa shape index (κ1) is 18.1. The highest BCUT2D eigenvalue weighted by molar-refractivity contribution is 6.30. The Hall–Kier alpha value is -2.24. The molecule has 142 valence electrons. The van der Waals surface area contributed by atoms with Gasteiger partial charge < -0.3 is 15.0 Å². The average Bonchev–Trinajstić information content (AvgIpc) is 3.54. The summed E-state index contributed by atoms with van der Waals surface area (Å²) in [6.45, 7) is 4.39. The summed E-state index contributed by atoms with van der Waals surface area (Å²) >= 11 is 5.83. The highest BCUT2D eigenvalue weighted by Crippen LogP contribution is 2.28. The molecule has 2 aromatic rings. The minimum absolute atomic E-state index is 0.0352. The molecule has 1 heterocycles. The largest absolute Gasteiger partial charge is 0.484 e. The number of benzene rings is 2. The zero-order chi connectivity index (χ0) is 18.6. The van der Waals surface area contributed by atoms with E-state index in [0.717, 1.165) is 37.9 Å². The zero-order valence-corrected chi connectivity index (χ0v) is 16.0. The van der Waals surface area contributed by atoms with Crippen LogP contribution in [0.1, 0.15) is 12.8 Å². The quantitative estimate of drug-likeness (QED) is 0.824. The molecular formula is C21H24ClN3O2. The number of ether oxygens (including phenoxy) is 1. The normalized spacial score (nSPS) is 17.6. The molecule has 1 saturated carbocycles. The third kappa shape index (κ3) is 4.93. The molecule has 0 unspecified atom stereocenters. The standard InChI is InChI=1S/C21H24ClN3O2/c22-16-1-9-20(10-2-16)27-15-21(26)23-17-3-5-18(6-4-17)24-11-13-25(14-12-24)19-7-8-19/h1-6,9-10,19H,7-8,11-15H2,(H,23,26). The van der Waals surface area contributed by atoms with E-state index >= 15 is 0 Å². The van der Waals surface area contributed by atoms with E-state index in [1.54, 1.807) is 24.3 Å². The molecule has 0 spiro atoms. The van der Waals surface area contributed by atoms with Crippen LogP contribution in [0.5, 0.6) is 5.75 Å². The SMILES string of the molecule is O=C(COc1ccc(Cl)cc1)Nc1ccc(N2CCN(C3CC3)CC2)cc1. The molecule has 6 heteroatoms. The zero-order valence-electron chi connectivity index (χ0n) is 15.2. The molecule has 2 aromatic carbocycles. The molecule has 1 N–H and O–H groups in total. The molecular weight excluding hydrogens is 362 g/mol. The summed E-state index contributed by atoms with van der Waals surface area (Å²) in [5.74, 6) is 0.436. The van der Waals surface area contributed by atoms with E-state index < -0.39 is 0 Å². The number of carbonyl (C=O) groups excluding carboxylic acids is 1. The van der Waals surface area contributed by atoms with Crippen molar-refractivity contribution in [2.24, 2.45) is 0 Å². The van der Waals surface area contributed by atoms with Crippen LogP contribution in [0.3, 0.4) is 0 Å². The smallest absolute Gasteiger partial charge is 0.262 e. The van der Waals surface area contributed by atoms with E-state index in [4.69, 9.17) is 16.3 Å². The van der Waals surface area contributed by atoms with E-state index in [1.807, 2.05) is 12.1 Å². The Balaban J connectivity index is 1.24. The van der Waals surface area contributed by atoms with Gasteiger partial charge in [0.15, 0.2) is 6.61 Å². The van der Waals surface area contributed by atoms with Crippen LogP contribution < -0.4 is 15.0 Å². The molecule has 0 radical (unpaired) electrons. The minimum atomic E-state index is -0.184. The molecule has 0 atom stereocenters. The Morgan fingerprint density at radius 3 is 2.30 bits per heavy atom. The van der Waals surface area contributed by atoms with Gasteiger partial charge in [-0.15, -0.1) is 0 Å². The summed E-state index contributed by atoms with van der Waals surface area (Å²) in [4.78, 5) is 17.1. The van der Waals surface area contributed by atoms with Gasteiger partial charge in [-0.3, -0.25) is 9.69 Å². The van der Waals surface area contributed by atoms with Crippen LogP contribution in [0.2, 0.25) is 5.02 Å². The summed E-state index contributed by atoms with van der Waals surface area (Å²) in [5.41, 5.74) is 1.99. The highest BCUT2D eigenvalue weighted by atomic mass is 35.5. The predicted octanol–water partition coefficient (Wildman–Crippen LogP) is 3.64. The van der Waals surface area contributed by atoms with Crippen molar-refractivity contribution in [1.82, 2.24) is 4.90 Å². The minimum Gasteiger partial charge on any atom is -0.484 e. The van der Waals surface area contributed by atoms with E-state index in [9.17, 15) is 4.79 Å². The maximum Gasteiger partial charge on any atom is 0.262 e. The number of nitrogens with zero attached hydrogens (tertiary/aromatic N) is 2. The third-order valence-corrected chi connectivity index (χ3v) is 5.33. The van der Waals surface area contributed by atoms with Crippen LogP contribution in [-0.4, -0.2) is 49.6 Å². The number of hydrogen-bond acceptors (Lipinski definition) is 4. The fourth-order valence-electron chi connectivity index (χ4n) is 3.42. The monoisotopic (exact) mass is 385 g/mol. The first-order chi connectivity index (χ1) is 13.2. The van der Waals surface area contributed by atoms with Gasteiger partial charge in [0.1, 0.15) is 5.75 Å². The molecule has 5 nitrogen and oxygen atoms in total. The van der Waals surface area contributed by atoms with Gasteiger partial charge in [-0.2, -0.15) is 0 Å². The van der Waals surface area contributed by atoms with E-state index in [-0.39, 0.29) is 12.5 Å². The highest BCUT2D eigenvalue weighted by Gasteiger charge is 2.31.